The van der Waals surface area contributed by atoms with Crippen LogP contribution in [-0.2, 0) is 17.9 Å². The first-order valence-corrected chi connectivity index (χ1v) is 12.4. The Morgan fingerprint density at radius 3 is 2.49 bits per heavy atom. The number of aryl methyl sites for hydroxylation is 1. The van der Waals surface area contributed by atoms with Crippen molar-refractivity contribution in [1.29, 1.82) is 5.41 Å². The van der Waals surface area contributed by atoms with Crippen LogP contribution in [0.1, 0.15) is 47.7 Å². The summed E-state index contributed by atoms with van der Waals surface area (Å²) in [5.41, 5.74) is 12.4. The van der Waals surface area contributed by atoms with Gasteiger partial charge in [-0.1, -0.05) is 67.9 Å². The Hall–Kier alpha value is -4.39. The zero-order chi connectivity index (χ0) is 26.4. The maximum atomic E-state index is 13.1. The van der Waals surface area contributed by atoms with Gasteiger partial charge in [0.05, 0.1) is 25.1 Å². The van der Waals surface area contributed by atoms with Gasteiger partial charge in [0.2, 0.25) is 5.91 Å². The number of nitrogens with zero attached hydrogens (tertiary/aromatic N) is 3. The molecule has 0 bridgehead atoms. The number of carbonyl (C=O) groups is 1. The second-order valence-electron chi connectivity index (χ2n) is 9.67. The number of nitrogen functional groups attached to an aromatic ring is 1. The number of nitrogens with two attached hydrogens (primary N) is 1. The molecule has 0 spiro atoms. The van der Waals surface area contributed by atoms with E-state index in [9.17, 15) is 4.79 Å². The first-order valence-electron chi connectivity index (χ1n) is 12.4. The highest BCUT2D eigenvalue weighted by Crippen LogP contribution is 2.20. The quantitative estimate of drug-likeness (QED) is 0.206. The zero-order valence-electron chi connectivity index (χ0n) is 21.6. The molecule has 0 aliphatic carbocycles. The highest BCUT2D eigenvalue weighted by molar-refractivity contribution is 5.97. The summed E-state index contributed by atoms with van der Waals surface area (Å²) >= 11 is 0. The topological polar surface area (TPSA) is 100 Å². The zero-order valence-corrected chi connectivity index (χ0v) is 21.6. The summed E-state index contributed by atoms with van der Waals surface area (Å²) in [6.07, 6.45) is 3.82. The van der Waals surface area contributed by atoms with Crippen LogP contribution in [0.4, 0.5) is 11.4 Å². The van der Waals surface area contributed by atoms with Gasteiger partial charge in [0.25, 0.3) is 0 Å². The molecule has 0 atom stereocenters. The second-order valence-corrected chi connectivity index (χ2v) is 9.67. The third kappa shape index (κ3) is 7.07. The molecule has 4 aromatic rings. The summed E-state index contributed by atoms with van der Waals surface area (Å²) in [4.78, 5) is 19.6. The molecule has 0 radical (unpaired) electrons. The maximum Gasteiger partial charge on any atom is 0.243 e. The SMILES string of the molecule is Cc1ccc(Cn2cnc(CN(CC(=O)Nc3ccc(C(C)C)cc3)c3cccc(C(=N)N)c3)c2)cc1. The Bertz CT molecular complexity index is 1360. The van der Waals surface area contributed by atoms with Crippen LogP contribution in [0.25, 0.3) is 0 Å². The molecule has 3 aromatic carbocycles. The van der Waals surface area contributed by atoms with Gasteiger partial charge in [-0.25, -0.2) is 4.98 Å². The number of anilines is 2. The molecule has 4 rings (SSSR count). The van der Waals surface area contributed by atoms with Crippen molar-refractivity contribution in [2.24, 2.45) is 5.73 Å². The van der Waals surface area contributed by atoms with Gasteiger partial charge in [-0.05, 0) is 48.2 Å². The van der Waals surface area contributed by atoms with E-state index in [-0.39, 0.29) is 18.3 Å². The van der Waals surface area contributed by atoms with Crippen molar-refractivity contribution in [1.82, 2.24) is 9.55 Å². The standard InChI is InChI=1S/C30H34N6O/c1-21(2)24-11-13-26(14-12-24)34-29(37)19-36(28-6-4-5-25(15-28)30(31)32)18-27-17-35(20-33-27)16-23-9-7-22(3)8-10-23/h4-15,17,20-21H,16,18-19H2,1-3H3,(H3,31,32)(H,34,37). The summed E-state index contributed by atoms with van der Waals surface area (Å²) in [5.74, 6) is 0.281. The molecule has 1 heterocycles. The van der Waals surface area contributed by atoms with Gasteiger partial charge in [-0.3, -0.25) is 10.2 Å². The molecule has 0 unspecified atom stereocenters. The number of amidine groups is 1. The van der Waals surface area contributed by atoms with Crippen molar-refractivity contribution < 1.29 is 4.79 Å². The fourth-order valence-electron chi connectivity index (χ4n) is 4.11. The third-order valence-corrected chi connectivity index (χ3v) is 6.24. The molecule has 190 valence electrons. The Morgan fingerprint density at radius 1 is 1.08 bits per heavy atom. The number of imidazole rings is 1. The summed E-state index contributed by atoms with van der Waals surface area (Å²) in [7, 11) is 0. The molecule has 0 saturated carbocycles. The molecular formula is C30H34N6O. The number of hydrogen-bond donors (Lipinski definition) is 3. The van der Waals surface area contributed by atoms with E-state index in [1.165, 1.54) is 16.7 Å². The van der Waals surface area contributed by atoms with Crippen LogP contribution >= 0.6 is 0 Å². The molecule has 0 aliphatic heterocycles. The van der Waals surface area contributed by atoms with E-state index in [0.717, 1.165) is 23.6 Å². The summed E-state index contributed by atoms with van der Waals surface area (Å²) < 4.78 is 2.04. The highest BCUT2D eigenvalue weighted by atomic mass is 16.2. The van der Waals surface area contributed by atoms with Crippen LogP contribution in [0, 0.1) is 12.3 Å². The molecule has 0 fully saturated rings. The van der Waals surface area contributed by atoms with Gasteiger partial charge in [0.15, 0.2) is 0 Å². The monoisotopic (exact) mass is 494 g/mol. The van der Waals surface area contributed by atoms with Crippen LogP contribution < -0.4 is 16.0 Å². The number of nitrogens with one attached hydrogen (secondary N) is 2. The number of rotatable bonds is 10. The lowest BCUT2D eigenvalue weighted by molar-refractivity contribution is -0.115. The summed E-state index contributed by atoms with van der Waals surface area (Å²) in [6.45, 7) is 7.64. The van der Waals surface area contributed by atoms with Crippen molar-refractivity contribution in [2.45, 2.75) is 39.8 Å². The highest BCUT2D eigenvalue weighted by Gasteiger charge is 2.15. The predicted molar refractivity (Wildman–Crippen MR) is 150 cm³/mol. The molecule has 1 amide bonds. The van der Waals surface area contributed by atoms with E-state index < -0.39 is 0 Å². The lowest BCUT2D eigenvalue weighted by Gasteiger charge is -2.24. The lowest BCUT2D eigenvalue weighted by Crippen LogP contribution is -2.33. The largest absolute Gasteiger partial charge is 0.384 e. The molecule has 1 aromatic heterocycles. The first kappa shape index (κ1) is 25.7. The summed E-state index contributed by atoms with van der Waals surface area (Å²) in [5, 5.41) is 10.8. The van der Waals surface area contributed by atoms with Crippen LogP contribution in [0.5, 0.6) is 0 Å². The van der Waals surface area contributed by atoms with Gasteiger partial charge in [0, 0.05) is 29.7 Å². The van der Waals surface area contributed by atoms with Crippen molar-refractivity contribution in [2.75, 3.05) is 16.8 Å². The van der Waals surface area contributed by atoms with E-state index in [0.29, 0.717) is 18.0 Å². The van der Waals surface area contributed by atoms with E-state index in [4.69, 9.17) is 11.1 Å². The number of hydrogen-bond acceptors (Lipinski definition) is 4. The van der Waals surface area contributed by atoms with Gasteiger partial charge in [0.1, 0.15) is 5.84 Å². The summed E-state index contributed by atoms with van der Waals surface area (Å²) in [6, 6.07) is 23.8. The Kier molecular flexibility index (Phi) is 8.03. The molecule has 7 nitrogen and oxygen atoms in total. The average Bonchev–Trinajstić information content (AvgIpc) is 3.32. The Balaban J connectivity index is 1.51. The van der Waals surface area contributed by atoms with E-state index in [1.54, 1.807) is 6.07 Å². The average molecular weight is 495 g/mol. The molecular weight excluding hydrogens is 460 g/mol. The normalized spacial score (nSPS) is 10.9. The molecule has 4 N–H and O–H groups in total. The van der Waals surface area contributed by atoms with Crippen LogP contribution in [-0.4, -0.2) is 27.8 Å². The van der Waals surface area contributed by atoms with Crippen molar-refractivity contribution >= 4 is 23.1 Å². The molecule has 37 heavy (non-hydrogen) atoms. The van der Waals surface area contributed by atoms with Crippen LogP contribution in [0.15, 0.2) is 85.3 Å². The number of benzene rings is 3. The van der Waals surface area contributed by atoms with Crippen molar-refractivity contribution in [3.63, 3.8) is 0 Å². The fraction of sp³-hybridized carbons (Fsp3) is 0.233. The first-order chi connectivity index (χ1) is 17.8. The minimum absolute atomic E-state index is 0.0149. The second kappa shape index (κ2) is 11.6. The number of amides is 1. The number of aromatic nitrogens is 2. The van der Waals surface area contributed by atoms with E-state index >= 15 is 0 Å². The van der Waals surface area contributed by atoms with Gasteiger partial charge >= 0.3 is 0 Å². The molecule has 0 saturated heterocycles. The van der Waals surface area contributed by atoms with E-state index in [1.807, 2.05) is 64.5 Å². The predicted octanol–water partition coefficient (Wildman–Crippen LogP) is 5.29. The van der Waals surface area contributed by atoms with Crippen molar-refractivity contribution in [3.05, 3.63) is 113 Å². The van der Waals surface area contributed by atoms with Crippen LogP contribution in [0.3, 0.4) is 0 Å². The number of carbonyl (C=O) groups excluding carboxylic acids is 1. The Labute approximate surface area is 218 Å². The molecule has 7 heteroatoms. The minimum atomic E-state index is -0.135. The van der Waals surface area contributed by atoms with Gasteiger partial charge < -0.3 is 20.5 Å². The fourth-order valence-corrected chi connectivity index (χ4v) is 4.11. The van der Waals surface area contributed by atoms with Crippen molar-refractivity contribution in [3.8, 4) is 0 Å². The molecule has 0 aliphatic rings. The van der Waals surface area contributed by atoms with Gasteiger partial charge in [-0.2, -0.15) is 0 Å². The van der Waals surface area contributed by atoms with E-state index in [2.05, 4.69) is 55.3 Å². The van der Waals surface area contributed by atoms with Gasteiger partial charge in [-0.15, -0.1) is 0 Å². The third-order valence-electron chi connectivity index (χ3n) is 6.24. The lowest BCUT2D eigenvalue weighted by atomic mass is 10.0. The minimum Gasteiger partial charge on any atom is -0.384 e. The van der Waals surface area contributed by atoms with Crippen LogP contribution in [0.2, 0.25) is 0 Å². The smallest absolute Gasteiger partial charge is 0.243 e. The Morgan fingerprint density at radius 2 is 1.81 bits per heavy atom. The maximum absolute atomic E-state index is 13.1.